The van der Waals surface area contributed by atoms with Crippen molar-refractivity contribution in [1.82, 2.24) is 0 Å². The van der Waals surface area contributed by atoms with Gasteiger partial charge in [-0.1, -0.05) is 0 Å². The third-order valence-corrected chi connectivity index (χ3v) is 3.17. The highest BCUT2D eigenvalue weighted by Crippen LogP contribution is 2.27. The van der Waals surface area contributed by atoms with Gasteiger partial charge in [0.2, 0.25) is 0 Å². The monoisotopic (exact) mass is 246 g/mol. The Morgan fingerprint density at radius 2 is 2.13 bits per heavy atom. The maximum absolute atomic E-state index is 11.1. The van der Waals surface area contributed by atoms with E-state index >= 15 is 0 Å². The number of hydrogen-bond acceptors (Lipinski definition) is 5. The molecular weight excluding hydrogens is 240 g/mol. The first kappa shape index (κ1) is 11.8. The first-order valence-electron chi connectivity index (χ1n) is 3.81. The van der Waals surface area contributed by atoms with Gasteiger partial charge in [0.1, 0.15) is 5.75 Å². The molecule has 7 heteroatoms. The molecule has 3 N–H and O–H groups in total. The highest BCUT2D eigenvalue weighted by molar-refractivity contribution is 8.13. The predicted molar refractivity (Wildman–Crippen MR) is 53.8 cm³/mol. The Labute approximate surface area is 91.1 Å². The van der Waals surface area contributed by atoms with E-state index in [9.17, 15) is 13.5 Å². The van der Waals surface area contributed by atoms with Gasteiger partial charge in [0.05, 0.1) is 16.5 Å². The quantitative estimate of drug-likeness (QED) is 0.746. The van der Waals surface area contributed by atoms with Crippen LogP contribution in [-0.4, -0.2) is 13.5 Å². The molecule has 0 saturated heterocycles. The van der Waals surface area contributed by atoms with Gasteiger partial charge in [-0.3, -0.25) is 0 Å². The number of benzene rings is 1. The largest absolute Gasteiger partial charge is 0.508 e. The molecular formula is C8H7ClN2O3S. The fourth-order valence-corrected chi connectivity index (χ4v) is 2.32. The van der Waals surface area contributed by atoms with Crippen molar-refractivity contribution in [1.29, 1.82) is 5.26 Å². The normalized spacial score (nSPS) is 11.0. The molecule has 1 aromatic rings. The van der Waals surface area contributed by atoms with Crippen LogP contribution < -0.4 is 5.73 Å². The van der Waals surface area contributed by atoms with Crippen molar-refractivity contribution < 1.29 is 13.5 Å². The van der Waals surface area contributed by atoms with Crippen molar-refractivity contribution in [2.45, 2.75) is 11.4 Å². The van der Waals surface area contributed by atoms with E-state index in [1.165, 1.54) is 0 Å². The Bertz CT molecular complexity index is 534. The standard InChI is InChI=1S/C8H7ClN2O3S/c9-15(13,14)8-2-6(12)1-5(3-10)7(8)4-11/h1-2,12H,4,11H2. The zero-order chi connectivity index (χ0) is 11.6. The van der Waals surface area contributed by atoms with Crippen LogP contribution in [0.25, 0.3) is 0 Å². The Kier molecular flexibility index (Phi) is 3.19. The highest BCUT2D eigenvalue weighted by atomic mass is 35.7. The lowest BCUT2D eigenvalue weighted by Crippen LogP contribution is -2.06. The van der Waals surface area contributed by atoms with Crippen LogP contribution in [0.5, 0.6) is 5.75 Å². The summed E-state index contributed by atoms with van der Waals surface area (Å²) in [5, 5.41) is 17.9. The van der Waals surface area contributed by atoms with Gasteiger partial charge in [-0.05, 0) is 6.07 Å². The molecule has 0 heterocycles. The fourth-order valence-electron chi connectivity index (χ4n) is 1.16. The molecule has 0 aliphatic carbocycles. The minimum absolute atomic E-state index is 0.00303. The van der Waals surface area contributed by atoms with Crippen molar-refractivity contribution in [3.63, 3.8) is 0 Å². The van der Waals surface area contributed by atoms with E-state index in [-0.39, 0.29) is 28.3 Å². The third-order valence-electron chi connectivity index (χ3n) is 1.78. The summed E-state index contributed by atoms with van der Waals surface area (Å²) in [6.45, 7) is -0.148. The van der Waals surface area contributed by atoms with Crippen molar-refractivity contribution >= 4 is 19.7 Å². The number of nitrogens with zero attached hydrogens (tertiary/aromatic N) is 1. The summed E-state index contributed by atoms with van der Waals surface area (Å²) in [5.74, 6) is -0.344. The molecule has 15 heavy (non-hydrogen) atoms. The summed E-state index contributed by atoms with van der Waals surface area (Å²) in [6.07, 6.45) is 0. The van der Waals surface area contributed by atoms with Crippen LogP contribution in [0, 0.1) is 11.3 Å². The van der Waals surface area contributed by atoms with Gasteiger partial charge in [-0.15, -0.1) is 0 Å². The number of hydrogen-bond donors (Lipinski definition) is 2. The van der Waals surface area contributed by atoms with Crippen molar-refractivity contribution in [3.05, 3.63) is 23.3 Å². The molecule has 0 fully saturated rings. The highest BCUT2D eigenvalue weighted by Gasteiger charge is 2.19. The second kappa shape index (κ2) is 4.06. The van der Waals surface area contributed by atoms with Gasteiger partial charge < -0.3 is 10.8 Å². The summed E-state index contributed by atoms with van der Waals surface area (Å²) in [7, 11) is 1.12. The molecule has 5 nitrogen and oxygen atoms in total. The van der Waals surface area contributed by atoms with Gasteiger partial charge >= 0.3 is 0 Å². The molecule has 0 bridgehead atoms. The molecule has 0 amide bonds. The number of phenolic OH excluding ortho intramolecular Hbond substituents is 1. The zero-order valence-corrected chi connectivity index (χ0v) is 9.01. The third kappa shape index (κ3) is 2.39. The molecule has 0 aromatic heterocycles. The Balaban J connectivity index is 3.66. The lowest BCUT2D eigenvalue weighted by Gasteiger charge is -2.07. The van der Waals surface area contributed by atoms with E-state index in [0.29, 0.717) is 0 Å². The van der Waals surface area contributed by atoms with Crippen molar-refractivity contribution in [2.24, 2.45) is 5.73 Å². The zero-order valence-electron chi connectivity index (χ0n) is 7.44. The van der Waals surface area contributed by atoms with Crippen LogP contribution in [0.2, 0.25) is 0 Å². The number of nitriles is 1. The Morgan fingerprint density at radius 1 is 1.53 bits per heavy atom. The van der Waals surface area contributed by atoms with E-state index in [0.717, 1.165) is 12.1 Å². The van der Waals surface area contributed by atoms with E-state index in [2.05, 4.69) is 0 Å². The van der Waals surface area contributed by atoms with Crippen molar-refractivity contribution in [2.75, 3.05) is 0 Å². The minimum Gasteiger partial charge on any atom is -0.508 e. The van der Waals surface area contributed by atoms with E-state index < -0.39 is 9.05 Å². The molecule has 1 rings (SSSR count). The average Bonchev–Trinajstić information content (AvgIpc) is 2.15. The molecule has 80 valence electrons. The lowest BCUT2D eigenvalue weighted by atomic mass is 10.1. The van der Waals surface area contributed by atoms with E-state index in [1.54, 1.807) is 6.07 Å². The van der Waals surface area contributed by atoms with Gasteiger partial charge in [0, 0.05) is 28.9 Å². The summed E-state index contributed by atoms with van der Waals surface area (Å²) in [6, 6.07) is 3.83. The van der Waals surface area contributed by atoms with Crippen LogP contribution in [0.15, 0.2) is 17.0 Å². The summed E-state index contributed by atoms with van der Waals surface area (Å²) < 4.78 is 22.2. The fraction of sp³-hybridized carbons (Fsp3) is 0.125. The number of nitrogens with two attached hydrogens (primary N) is 1. The summed E-state index contributed by atoms with van der Waals surface area (Å²) in [4.78, 5) is -0.330. The van der Waals surface area contributed by atoms with E-state index in [1.807, 2.05) is 0 Å². The number of halogens is 1. The molecule has 0 spiro atoms. The topological polar surface area (TPSA) is 104 Å². The smallest absolute Gasteiger partial charge is 0.261 e. The Hall–Kier alpha value is -1.29. The van der Waals surface area contributed by atoms with Crippen LogP contribution >= 0.6 is 10.7 Å². The second-order valence-corrected chi connectivity index (χ2v) is 5.26. The van der Waals surface area contributed by atoms with Crippen LogP contribution in [0.3, 0.4) is 0 Å². The van der Waals surface area contributed by atoms with Gasteiger partial charge in [-0.25, -0.2) is 8.42 Å². The molecule has 0 aliphatic heterocycles. The lowest BCUT2D eigenvalue weighted by molar-refractivity contribution is 0.472. The van der Waals surface area contributed by atoms with E-state index in [4.69, 9.17) is 21.7 Å². The van der Waals surface area contributed by atoms with Gasteiger partial charge in [0.15, 0.2) is 0 Å². The maximum atomic E-state index is 11.1. The molecule has 0 atom stereocenters. The summed E-state index contributed by atoms with van der Waals surface area (Å²) >= 11 is 0. The molecule has 0 unspecified atom stereocenters. The van der Waals surface area contributed by atoms with Crippen LogP contribution in [0.1, 0.15) is 11.1 Å². The van der Waals surface area contributed by atoms with Crippen LogP contribution in [-0.2, 0) is 15.6 Å². The van der Waals surface area contributed by atoms with Gasteiger partial charge in [-0.2, -0.15) is 5.26 Å². The van der Waals surface area contributed by atoms with Crippen molar-refractivity contribution in [3.8, 4) is 11.8 Å². The first-order chi connectivity index (χ1) is 6.90. The molecule has 0 saturated carbocycles. The molecule has 1 aromatic carbocycles. The predicted octanol–water partition coefficient (Wildman–Crippen LogP) is 0.650. The SMILES string of the molecule is N#Cc1cc(O)cc(S(=O)(=O)Cl)c1CN. The number of phenols is 1. The molecule has 0 aliphatic rings. The average molecular weight is 247 g/mol. The number of rotatable bonds is 2. The van der Waals surface area contributed by atoms with Crippen LogP contribution in [0.4, 0.5) is 0 Å². The maximum Gasteiger partial charge on any atom is 0.261 e. The van der Waals surface area contributed by atoms with Gasteiger partial charge in [0.25, 0.3) is 9.05 Å². The Morgan fingerprint density at radius 3 is 2.53 bits per heavy atom. The summed E-state index contributed by atoms with van der Waals surface area (Å²) in [5.41, 5.74) is 5.42. The first-order valence-corrected chi connectivity index (χ1v) is 6.11. The molecule has 0 radical (unpaired) electrons. The second-order valence-electron chi connectivity index (χ2n) is 2.72. The minimum atomic E-state index is -4.02. The number of aromatic hydroxyl groups is 1.